The van der Waals surface area contributed by atoms with Crippen LogP contribution in [0.5, 0.6) is 0 Å². The number of thioether (sulfide) groups is 1. The van der Waals surface area contributed by atoms with Crippen LogP contribution in [0.2, 0.25) is 0 Å². The highest BCUT2D eigenvalue weighted by atomic mass is 32.2. The number of carbonyl (C=O) groups is 1. The molecule has 1 heterocycles. The number of amides is 1. The average Bonchev–Trinajstić information content (AvgIpc) is 2.49. The molecule has 1 aromatic carbocycles. The van der Waals surface area contributed by atoms with Gasteiger partial charge in [-0.05, 0) is 5.56 Å². The fourth-order valence-corrected chi connectivity index (χ4v) is 2.53. The minimum absolute atomic E-state index is 0.175. The molecule has 1 aliphatic heterocycles. The Morgan fingerprint density at radius 1 is 1.38 bits per heavy atom. The maximum Gasteiger partial charge on any atom is 0.282 e. The van der Waals surface area contributed by atoms with Gasteiger partial charge in [0.2, 0.25) is 0 Å². The van der Waals surface area contributed by atoms with Gasteiger partial charge in [-0.25, -0.2) is 0 Å². The van der Waals surface area contributed by atoms with Gasteiger partial charge in [0, 0.05) is 12.8 Å². The van der Waals surface area contributed by atoms with Crippen molar-refractivity contribution in [3.05, 3.63) is 35.9 Å². The van der Waals surface area contributed by atoms with Crippen molar-refractivity contribution in [1.82, 2.24) is 4.90 Å². The summed E-state index contributed by atoms with van der Waals surface area (Å²) < 4.78 is 0. The number of hydrogen-bond acceptors (Lipinski definition) is 2. The third kappa shape index (κ3) is 1.56. The van der Waals surface area contributed by atoms with Crippen LogP contribution in [0.25, 0.3) is 0 Å². The van der Waals surface area contributed by atoms with Crippen molar-refractivity contribution < 1.29 is 4.79 Å². The molecular formula is C10H11NOS. The van der Waals surface area contributed by atoms with E-state index in [1.54, 1.807) is 4.90 Å². The Hall–Kier alpha value is -0.960. The van der Waals surface area contributed by atoms with Crippen LogP contribution in [0, 0.1) is 0 Å². The van der Waals surface area contributed by atoms with Crippen LogP contribution >= 0.6 is 11.8 Å². The van der Waals surface area contributed by atoms with Crippen LogP contribution in [-0.4, -0.2) is 22.9 Å². The number of rotatable bonds is 1. The predicted molar refractivity (Wildman–Crippen MR) is 54.8 cm³/mol. The normalized spacial score (nSPS) is 22.4. The van der Waals surface area contributed by atoms with Crippen molar-refractivity contribution in [1.29, 1.82) is 0 Å². The highest BCUT2D eigenvalue weighted by Crippen LogP contribution is 2.33. The molecule has 1 saturated heterocycles. The van der Waals surface area contributed by atoms with E-state index >= 15 is 0 Å². The summed E-state index contributed by atoms with van der Waals surface area (Å²) >= 11 is 1.40. The lowest BCUT2D eigenvalue weighted by molar-refractivity contribution is 0.226. The van der Waals surface area contributed by atoms with E-state index in [4.69, 9.17) is 0 Å². The number of hydrogen-bond donors (Lipinski definition) is 0. The number of nitrogens with zero attached hydrogens (tertiary/aromatic N) is 1. The van der Waals surface area contributed by atoms with Crippen molar-refractivity contribution in [3.63, 3.8) is 0 Å². The highest BCUT2D eigenvalue weighted by Gasteiger charge is 2.29. The maximum atomic E-state index is 11.2. The van der Waals surface area contributed by atoms with Crippen molar-refractivity contribution >= 4 is 17.0 Å². The van der Waals surface area contributed by atoms with Crippen LogP contribution in [-0.2, 0) is 0 Å². The molecule has 0 saturated carbocycles. The van der Waals surface area contributed by atoms with Crippen LogP contribution in [0.1, 0.15) is 11.6 Å². The molecule has 0 spiro atoms. The first kappa shape index (κ1) is 8.63. The monoisotopic (exact) mass is 193 g/mol. The van der Waals surface area contributed by atoms with Crippen molar-refractivity contribution in [2.75, 3.05) is 12.8 Å². The fourth-order valence-electron chi connectivity index (χ4n) is 1.49. The summed E-state index contributed by atoms with van der Waals surface area (Å²) in [6.07, 6.45) is 0. The summed E-state index contributed by atoms with van der Waals surface area (Å²) in [5.74, 6) is 0.874. The van der Waals surface area contributed by atoms with E-state index < -0.39 is 0 Å². The van der Waals surface area contributed by atoms with Crippen molar-refractivity contribution in [2.24, 2.45) is 0 Å². The summed E-state index contributed by atoms with van der Waals surface area (Å²) in [5, 5.41) is 0.175. The van der Waals surface area contributed by atoms with Gasteiger partial charge in [-0.15, -0.1) is 0 Å². The molecular weight excluding hydrogens is 182 g/mol. The third-order valence-corrected chi connectivity index (χ3v) is 3.32. The zero-order valence-electron chi connectivity index (χ0n) is 7.43. The Morgan fingerprint density at radius 2 is 2.08 bits per heavy atom. The van der Waals surface area contributed by atoms with Crippen LogP contribution < -0.4 is 0 Å². The highest BCUT2D eigenvalue weighted by molar-refractivity contribution is 8.13. The molecule has 0 N–H and O–H groups in total. The second-order valence-corrected chi connectivity index (χ2v) is 4.09. The molecule has 1 atom stereocenters. The molecule has 68 valence electrons. The molecule has 0 radical (unpaired) electrons. The molecule has 1 fully saturated rings. The van der Waals surface area contributed by atoms with E-state index in [0.717, 1.165) is 5.75 Å². The molecule has 1 aliphatic rings. The van der Waals surface area contributed by atoms with Gasteiger partial charge < -0.3 is 4.90 Å². The molecule has 13 heavy (non-hydrogen) atoms. The smallest absolute Gasteiger partial charge is 0.282 e. The van der Waals surface area contributed by atoms with Gasteiger partial charge in [0.1, 0.15) is 0 Å². The summed E-state index contributed by atoms with van der Waals surface area (Å²) in [6, 6.07) is 10.4. The van der Waals surface area contributed by atoms with Crippen molar-refractivity contribution in [2.45, 2.75) is 6.04 Å². The molecule has 1 amide bonds. The van der Waals surface area contributed by atoms with E-state index in [1.165, 1.54) is 17.3 Å². The van der Waals surface area contributed by atoms with Gasteiger partial charge in [-0.3, -0.25) is 4.79 Å². The predicted octanol–water partition coefficient (Wildman–Crippen LogP) is 2.53. The molecule has 0 aromatic heterocycles. The van der Waals surface area contributed by atoms with E-state index in [0.29, 0.717) is 0 Å². The van der Waals surface area contributed by atoms with Gasteiger partial charge in [0.15, 0.2) is 0 Å². The second-order valence-electron chi connectivity index (χ2n) is 3.11. The molecule has 2 nitrogen and oxygen atoms in total. The summed E-state index contributed by atoms with van der Waals surface area (Å²) in [7, 11) is 1.86. The first-order valence-electron chi connectivity index (χ1n) is 4.23. The van der Waals surface area contributed by atoms with Gasteiger partial charge >= 0.3 is 0 Å². The molecule has 1 unspecified atom stereocenters. The van der Waals surface area contributed by atoms with Gasteiger partial charge in [0.05, 0.1) is 6.04 Å². The van der Waals surface area contributed by atoms with E-state index in [2.05, 4.69) is 12.1 Å². The summed E-state index contributed by atoms with van der Waals surface area (Å²) in [6.45, 7) is 0. The molecule has 0 bridgehead atoms. The zero-order valence-corrected chi connectivity index (χ0v) is 8.25. The van der Waals surface area contributed by atoms with Crippen molar-refractivity contribution in [3.8, 4) is 0 Å². The topological polar surface area (TPSA) is 20.3 Å². The van der Waals surface area contributed by atoms with E-state index in [1.807, 2.05) is 25.2 Å². The Balaban J connectivity index is 2.24. The summed E-state index contributed by atoms with van der Waals surface area (Å²) in [4.78, 5) is 13.1. The Kier molecular flexibility index (Phi) is 2.27. The SMILES string of the molecule is CN1C(=O)SCC1c1ccccc1. The van der Waals surface area contributed by atoms with Gasteiger partial charge in [0.25, 0.3) is 5.24 Å². The fraction of sp³-hybridized carbons (Fsp3) is 0.300. The lowest BCUT2D eigenvalue weighted by Crippen LogP contribution is -2.21. The zero-order chi connectivity index (χ0) is 9.26. The van der Waals surface area contributed by atoms with Gasteiger partial charge in [-0.1, -0.05) is 42.1 Å². The third-order valence-electron chi connectivity index (χ3n) is 2.30. The minimum Gasteiger partial charge on any atom is -0.329 e. The lowest BCUT2D eigenvalue weighted by Gasteiger charge is -2.18. The molecule has 2 rings (SSSR count). The van der Waals surface area contributed by atoms with Crippen LogP contribution in [0.15, 0.2) is 30.3 Å². The van der Waals surface area contributed by atoms with Gasteiger partial charge in [-0.2, -0.15) is 0 Å². The number of carbonyl (C=O) groups excluding carboxylic acids is 1. The first-order chi connectivity index (χ1) is 6.29. The Bertz CT molecular complexity index is 312. The quantitative estimate of drug-likeness (QED) is 0.683. The summed E-state index contributed by atoms with van der Waals surface area (Å²) in [5.41, 5.74) is 1.23. The molecule has 3 heteroatoms. The van der Waals surface area contributed by atoms with E-state index in [-0.39, 0.29) is 11.3 Å². The first-order valence-corrected chi connectivity index (χ1v) is 5.22. The Morgan fingerprint density at radius 3 is 2.62 bits per heavy atom. The number of benzene rings is 1. The molecule has 1 aromatic rings. The standard InChI is InChI=1S/C10H11NOS/c1-11-9(7-13-10(11)12)8-5-3-2-4-6-8/h2-6,9H,7H2,1H3. The van der Waals surface area contributed by atoms with Crippen LogP contribution in [0.4, 0.5) is 4.79 Å². The lowest BCUT2D eigenvalue weighted by atomic mass is 10.1. The Labute approximate surface area is 81.9 Å². The average molecular weight is 193 g/mol. The van der Waals surface area contributed by atoms with Crippen LogP contribution in [0.3, 0.4) is 0 Å². The van der Waals surface area contributed by atoms with E-state index in [9.17, 15) is 4.79 Å². The molecule has 0 aliphatic carbocycles. The maximum absolute atomic E-state index is 11.2. The minimum atomic E-state index is 0.175. The second kappa shape index (κ2) is 3.42. The largest absolute Gasteiger partial charge is 0.329 e.